The fourth-order valence-electron chi connectivity index (χ4n) is 3.72. The number of allylic oxidation sites excluding steroid dienone is 2. The molecule has 0 radical (unpaired) electrons. The Morgan fingerprint density at radius 3 is 1.68 bits per heavy atom. The molecule has 0 heterocycles. The molecule has 0 saturated carbocycles. The van der Waals surface area contributed by atoms with Crippen LogP contribution in [0, 0.1) is 0 Å². The topological polar surface area (TPSA) is 17.1 Å². The molecule has 0 saturated heterocycles. The van der Waals surface area contributed by atoms with Crippen LogP contribution in [0.1, 0.15) is 38.2 Å². The predicted molar refractivity (Wildman–Crippen MR) is 122 cm³/mol. The molecule has 0 bridgehead atoms. The smallest absolute Gasteiger partial charge is 0.149 e. The van der Waals surface area contributed by atoms with Crippen LogP contribution in [-0.4, -0.2) is 5.66 Å². The molecule has 0 N–H and O–H groups in total. The van der Waals surface area contributed by atoms with E-state index in [-0.39, 0.29) is 5.66 Å². The van der Waals surface area contributed by atoms with Gasteiger partial charge in [-0.2, -0.15) is 0 Å². The van der Waals surface area contributed by atoms with Crippen LogP contribution in [0.3, 0.4) is 0 Å². The summed E-state index contributed by atoms with van der Waals surface area (Å²) in [6.45, 7) is 4.30. The van der Waals surface area contributed by atoms with Gasteiger partial charge in [0.25, 0.3) is 0 Å². The van der Waals surface area contributed by atoms with Gasteiger partial charge in [0.1, 0.15) is 7.14 Å². The van der Waals surface area contributed by atoms with Crippen LogP contribution in [-0.2, 0) is 4.57 Å². The van der Waals surface area contributed by atoms with Gasteiger partial charge in [-0.25, -0.2) is 0 Å². The van der Waals surface area contributed by atoms with E-state index in [0.717, 1.165) is 23.5 Å². The van der Waals surface area contributed by atoms with Crippen molar-refractivity contribution in [3.8, 4) is 0 Å². The Morgan fingerprint density at radius 1 is 0.750 bits per heavy atom. The molecule has 1 nitrogen and oxygen atoms in total. The Hall–Kier alpha value is -2.37. The molecule has 2 atom stereocenters. The van der Waals surface area contributed by atoms with Crippen LogP contribution in [0.5, 0.6) is 0 Å². The lowest BCUT2D eigenvalue weighted by atomic mass is 9.94. The van der Waals surface area contributed by atoms with Gasteiger partial charge in [-0.3, -0.25) is 0 Å². The monoisotopic (exact) mass is 388 g/mol. The second kappa shape index (κ2) is 9.71. The summed E-state index contributed by atoms with van der Waals surface area (Å²) in [5, 5.41) is 1.84. The zero-order valence-electron chi connectivity index (χ0n) is 16.7. The van der Waals surface area contributed by atoms with Gasteiger partial charge in [0.05, 0.1) is 0 Å². The van der Waals surface area contributed by atoms with Gasteiger partial charge in [-0.1, -0.05) is 123 Å². The van der Waals surface area contributed by atoms with Gasteiger partial charge >= 0.3 is 0 Å². The highest BCUT2D eigenvalue weighted by Crippen LogP contribution is 2.49. The van der Waals surface area contributed by atoms with E-state index < -0.39 is 7.14 Å². The molecule has 3 aromatic carbocycles. The average molecular weight is 388 g/mol. The second-order valence-electron chi connectivity index (χ2n) is 7.26. The number of hydrogen-bond acceptors (Lipinski definition) is 1. The summed E-state index contributed by atoms with van der Waals surface area (Å²) in [5.41, 5.74) is 1.25. The van der Waals surface area contributed by atoms with E-state index in [1.165, 1.54) is 5.56 Å². The van der Waals surface area contributed by atoms with Gasteiger partial charge in [-0.15, -0.1) is 0 Å². The molecule has 3 aromatic rings. The Balaban J connectivity index is 1.97. The third kappa shape index (κ3) is 4.54. The maximum Gasteiger partial charge on any atom is 0.149 e. The lowest BCUT2D eigenvalue weighted by molar-refractivity contribution is 0.584. The number of hydrogen-bond donors (Lipinski definition) is 0. The van der Waals surface area contributed by atoms with Crippen molar-refractivity contribution in [2.45, 2.75) is 38.3 Å². The molecule has 0 aliphatic heterocycles. The van der Waals surface area contributed by atoms with Gasteiger partial charge in [0, 0.05) is 22.2 Å². The molecule has 0 fully saturated rings. The highest BCUT2D eigenvalue weighted by molar-refractivity contribution is 7.79. The van der Waals surface area contributed by atoms with E-state index in [9.17, 15) is 4.57 Å². The largest absolute Gasteiger partial charge is 0.313 e. The first-order valence-corrected chi connectivity index (χ1v) is 11.9. The van der Waals surface area contributed by atoms with Gasteiger partial charge in [-0.05, 0) is 12.0 Å². The molecule has 144 valence electrons. The predicted octanol–water partition coefficient (Wildman–Crippen LogP) is 6.53. The lowest BCUT2D eigenvalue weighted by Gasteiger charge is -2.24. The van der Waals surface area contributed by atoms with E-state index >= 15 is 0 Å². The van der Waals surface area contributed by atoms with Crippen LogP contribution >= 0.6 is 7.14 Å². The Morgan fingerprint density at radius 2 is 1.21 bits per heavy atom. The first kappa shape index (κ1) is 20.4. The van der Waals surface area contributed by atoms with Crippen molar-refractivity contribution in [1.82, 2.24) is 0 Å². The molecule has 0 spiro atoms. The van der Waals surface area contributed by atoms with E-state index in [1.807, 2.05) is 60.7 Å². The summed E-state index contributed by atoms with van der Waals surface area (Å²) < 4.78 is 14.4. The quantitative estimate of drug-likeness (QED) is 0.317. The number of rotatable bonds is 8. The maximum atomic E-state index is 14.4. The van der Waals surface area contributed by atoms with Crippen LogP contribution < -0.4 is 10.6 Å². The minimum absolute atomic E-state index is 0.0691. The summed E-state index contributed by atoms with van der Waals surface area (Å²) in [5.74, 6) is 0.355. The first-order valence-electron chi connectivity index (χ1n) is 10.1. The fraction of sp³-hybridized carbons (Fsp3) is 0.231. The first-order chi connectivity index (χ1) is 13.7. The van der Waals surface area contributed by atoms with Crippen LogP contribution in [0.4, 0.5) is 0 Å². The second-order valence-corrected chi connectivity index (χ2v) is 10.4. The molecule has 2 heteroatoms. The highest BCUT2D eigenvalue weighted by atomic mass is 31.2. The molecule has 28 heavy (non-hydrogen) atoms. The van der Waals surface area contributed by atoms with Crippen LogP contribution in [0.25, 0.3) is 0 Å². The van der Waals surface area contributed by atoms with E-state index in [4.69, 9.17) is 0 Å². The molecule has 3 rings (SSSR count). The summed E-state index contributed by atoms with van der Waals surface area (Å²) in [6.07, 6.45) is 6.65. The van der Waals surface area contributed by atoms with Gasteiger partial charge < -0.3 is 4.57 Å². The van der Waals surface area contributed by atoms with E-state index in [0.29, 0.717) is 5.92 Å². The van der Waals surface area contributed by atoms with E-state index in [2.05, 4.69) is 56.3 Å². The minimum Gasteiger partial charge on any atom is -0.313 e. The van der Waals surface area contributed by atoms with Crippen molar-refractivity contribution >= 4 is 17.8 Å². The zero-order valence-corrected chi connectivity index (χ0v) is 17.6. The molecule has 0 aliphatic rings. The van der Waals surface area contributed by atoms with Crippen molar-refractivity contribution < 1.29 is 4.57 Å². The van der Waals surface area contributed by atoms with E-state index in [1.54, 1.807) is 0 Å². The molecule has 0 aromatic heterocycles. The standard InChI is InChI=1S/C26H29OP/c1-3-13-23(24-14-7-4-8-15-24)21-20-22(2)28(27,25-16-9-5-10-17-25)26-18-11-6-12-19-26/h4-12,14-23H,3,13H2,1-2H3/b21-20-. The summed E-state index contributed by atoms with van der Waals surface area (Å²) in [6, 6.07) is 30.5. The normalized spacial score (nSPS) is 14.1. The highest BCUT2D eigenvalue weighted by Gasteiger charge is 2.32. The average Bonchev–Trinajstić information content (AvgIpc) is 2.77. The van der Waals surface area contributed by atoms with Crippen molar-refractivity contribution in [2.24, 2.45) is 0 Å². The maximum absolute atomic E-state index is 14.4. The SMILES string of the molecule is CCCC(/C=C\C(C)P(=O)(c1ccccc1)c1ccccc1)c1ccccc1. The molecule has 0 aliphatic carbocycles. The Kier molecular flexibility index (Phi) is 7.06. The zero-order chi connectivity index (χ0) is 19.8. The summed E-state index contributed by atoms with van der Waals surface area (Å²) in [4.78, 5) is 0. The molecular formula is C26H29OP. The third-order valence-electron chi connectivity index (χ3n) is 5.30. The molecular weight excluding hydrogens is 359 g/mol. The van der Waals surface area contributed by atoms with Crippen molar-refractivity contribution in [2.75, 3.05) is 0 Å². The third-order valence-corrected chi connectivity index (χ3v) is 8.75. The Labute approximate surface area is 169 Å². The summed E-state index contributed by atoms with van der Waals surface area (Å²) in [7, 11) is -2.77. The van der Waals surface area contributed by atoms with Gasteiger partial charge in [0.2, 0.25) is 0 Å². The Bertz CT molecular complexity index is 873. The van der Waals surface area contributed by atoms with Gasteiger partial charge in [0.15, 0.2) is 0 Å². The van der Waals surface area contributed by atoms with Crippen LogP contribution in [0.2, 0.25) is 0 Å². The summed E-state index contributed by atoms with van der Waals surface area (Å²) >= 11 is 0. The van der Waals surface area contributed by atoms with Crippen molar-refractivity contribution in [1.29, 1.82) is 0 Å². The fourth-order valence-corrected chi connectivity index (χ4v) is 6.53. The lowest BCUT2D eigenvalue weighted by Crippen LogP contribution is -2.23. The molecule has 2 unspecified atom stereocenters. The van der Waals surface area contributed by atoms with Crippen molar-refractivity contribution in [3.05, 3.63) is 109 Å². The minimum atomic E-state index is -2.77. The van der Waals surface area contributed by atoms with Crippen molar-refractivity contribution in [3.63, 3.8) is 0 Å². The number of benzene rings is 3. The van der Waals surface area contributed by atoms with Crippen LogP contribution in [0.15, 0.2) is 103 Å². The molecule has 0 amide bonds.